The largest absolute Gasteiger partial charge is 0.409 e. The number of allylic oxidation sites excluding steroid dienone is 1. The van der Waals surface area contributed by atoms with Gasteiger partial charge in [0, 0.05) is 12.7 Å². The number of nitrogens with two attached hydrogens (primary N) is 1. The first kappa shape index (κ1) is 10.7. The number of amidine groups is 1. The van der Waals surface area contributed by atoms with Crippen LogP contribution in [0.1, 0.15) is 6.92 Å². The highest BCUT2D eigenvalue weighted by Crippen LogP contribution is 1.96. The van der Waals surface area contributed by atoms with E-state index in [0.29, 0.717) is 12.2 Å². The maximum absolute atomic E-state index is 8.35. The zero-order chi connectivity index (χ0) is 9.40. The van der Waals surface area contributed by atoms with Gasteiger partial charge in [-0.25, -0.2) is 0 Å². The minimum absolute atomic E-state index is 0.102. The van der Waals surface area contributed by atoms with Crippen molar-refractivity contribution in [1.82, 2.24) is 0 Å². The monoisotopic (exact) mass is 170 g/mol. The van der Waals surface area contributed by atoms with Gasteiger partial charge in [0.25, 0.3) is 0 Å². The highest BCUT2D eigenvalue weighted by molar-refractivity contribution is 5.98. The molecule has 0 spiro atoms. The van der Waals surface area contributed by atoms with Gasteiger partial charge < -0.3 is 15.7 Å². The van der Waals surface area contributed by atoms with Gasteiger partial charge in [0.2, 0.25) is 0 Å². The molecular weight excluding hydrogens is 156 g/mol. The summed E-state index contributed by atoms with van der Waals surface area (Å²) in [7, 11) is 1.60. The molecular formula is C8H14N2O2. The van der Waals surface area contributed by atoms with Gasteiger partial charge in [-0.15, -0.1) is 0 Å². The molecule has 0 fully saturated rings. The first-order valence-electron chi connectivity index (χ1n) is 3.56. The van der Waals surface area contributed by atoms with Gasteiger partial charge in [-0.3, -0.25) is 0 Å². The number of ether oxygens (including phenoxy) is 1. The number of methoxy groups -OCH3 is 1. The van der Waals surface area contributed by atoms with Gasteiger partial charge in [-0.2, -0.15) is 0 Å². The lowest BCUT2D eigenvalue weighted by Gasteiger charge is -1.96. The average molecular weight is 170 g/mol. The predicted octanol–water partition coefficient (Wildman–Crippen LogP) is 0.882. The first-order valence-corrected chi connectivity index (χ1v) is 3.56. The molecule has 0 bridgehead atoms. The van der Waals surface area contributed by atoms with E-state index in [4.69, 9.17) is 15.7 Å². The summed E-state index contributed by atoms with van der Waals surface area (Å²) in [5.74, 6) is 0.102. The van der Waals surface area contributed by atoms with E-state index in [1.165, 1.54) is 0 Å². The second kappa shape index (κ2) is 6.42. The van der Waals surface area contributed by atoms with Crippen molar-refractivity contribution < 1.29 is 9.94 Å². The van der Waals surface area contributed by atoms with Crippen molar-refractivity contribution in [2.45, 2.75) is 6.92 Å². The molecule has 0 radical (unpaired) electrons. The summed E-state index contributed by atoms with van der Waals surface area (Å²) in [6.07, 6.45) is 5.27. The summed E-state index contributed by atoms with van der Waals surface area (Å²) in [5.41, 5.74) is 6.03. The zero-order valence-corrected chi connectivity index (χ0v) is 7.32. The fourth-order valence-electron chi connectivity index (χ4n) is 0.659. The number of hydrogen-bond donors (Lipinski definition) is 2. The molecule has 0 atom stereocenters. The van der Waals surface area contributed by atoms with Crippen molar-refractivity contribution in [3.05, 3.63) is 23.8 Å². The fourth-order valence-corrected chi connectivity index (χ4v) is 0.659. The lowest BCUT2D eigenvalue weighted by Crippen LogP contribution is -2.13. The van der Waals surface area contributed by atoms with Crippen molar-refractivity contribution in [2.75, 3.05) is 13.7 Å². The lowest BCUT2D eigenvalue weighted by molar-refractivity contribution is 0.234. The molecule has 0 aromatic carbocycles. The zero-order valence-electron chi connectivity index (χ0n) is 7.32. The van der Waals surface area contributed by atoms with Gasteiger partial charge in [0.15, 0.2) is 5.84 Å². The molecule has 0 rings (SSSR count). The molecule has 3 N–H and O–H groups in total. The van der Waals surface area contributed by atoms with E-state index in [0.717, 1.165) is 0 Å². The van der Waals surface area contributed by atoms with E-state index < -0.39 is 0 Å². The van der Waals surface area contributed by atoms with Gasteiger partial charge >= 0.3 is 0 Å². The van der Waals surface area contributed by atoms with Crippen LogP contribution in [0.5, 0.6) is 0 Å². The maximum Gasteiger partial charge on any atom is 0.169 e. The van der Waals surface area contributed by atoms with Crippen LogP contribution in [0.25, 0.3) is 0 Å². The van der Waals surface area contributed by atoms with Crippen LogP contribution in [0.15, 0.2) is 29.0 Å². The summed E-state index contributed by atoms with van der Waals surface area (Å²) in [5, 5.41) is 11.2. The highest BCUT2D eigenvalue weighted by atomic mass is 16.5. The SMILES string of the molecule is C/C=C(\C=C/COC)C(/N)=N/O. The van der Waals surface area contributed by atoms with Crippen molar-refractivity contribution in [3.63, 3.8) is 0 Å². The van der Waals surface area contributed by atoms with Crippen LogP contribution in [-0.4, -0.2) is 24.8 Å². The lowest BCUT2D eigenvalue weighted by atomic mass is 10.2. The van der Waals surface area contributed by atoms with Crippen LogP contribution in [0.2, 0.25) is 0 Å². The molecule has 0 unspecified atom stereocenters. The van der Waals surface area contributed by atoms with Gasteiger partial charge in [0.1, 0.15) is 0 Å². The third kappa shape index (κ3) is 3.78. The quantitative estimate of drug-likeness (QED) is 0.216. The van der Waals surface area contributed by atoms with Crippen LogP contribution in [-0.2, 0) is 4.74 Å². The third-order valence-electron chi connectivity index (χ3n) is 1.27. The van der Waals surface area contributed by atoms with Crippen LogP contribution in [0, 0.1) is 0 Å². The first-order chi connectivity index (χ1) is 5.76. The summed E-state index contributed by atoms with van der Waals surface area (Å²) >= 11 is 0. The molecule has 12 heavy (non-hydrogen) atoms. The van der Waals surface area contributed by atoms with Crippen LogP contribution >= 0.6 is 0 Å². The molecule has 0 aliphatic heterocycles. The Morgan fingerprint density at radius 1 is 1.67 bits per heavy atom. The summed E-state index contributed by atoms with van der Waals surface area (Å²) in [6.45, 7) is 2.32. The molecule has 0 saturated carbocycles. The van der Waals surface area contributed by atoms with E-state index in [-0.39, 0.29) is 5.84 Å². The van der Waals surface area contributed by atoms with E-state index in [9.17, 15) is 0 Å². The number of oxime groups is 1. The highest BCUT2D eigenvalue weighted by Gasteiger charge is 1.95. The van der Waals surface area contributed by atoms with Crippen molar-refractivity contribution in [2.24, 2.45) is 10.9 Å². The van der Waals surface area contributed by atoms with Gasteiger partial charge in [-0.05, 0) is 6.92 Å². The average Bonchev–Trinajstić information content (AvgIpc) is 2.11. The summed E-state index contributed by atoms with van der Waals surface area (Å²) in [6, 6.07) is 0. The Morgan fingerprint density at radius 3 is 2.75 bits per heavy atom. The van der Waals surface area contributed by atoms with Gasteiger partial charge in [0.05, 0.1) is 6.61 Å². The Labute approximate surface area is 72.0 Å². The minimum atomic E-state index is 0.102. The Bertz CT molecular complexity index is 207. The van der Waals surface area contributed by atoms with E-state index in [1.54, 1.807) is 25.3 Å². The second-order valence-corrected chi connectivity index (χ2v) is 2.09. The Balaban J connectivity index is 4.20. The molecule has 0 aliphatic rings. The van der Waals surface area contributed by atoms with Crippen LogP contribution < -0.4 is 5.73 Å². The Kier molecular flexibility index (Phi) is 5.73. The van der Waals surface area contributed by atoms with Crippen molar-refractivity contribution >= 4 is 5.84 Å². The van der Waals surface area contributed by atoms with Crippen molar-refractivity contribution in [3.8, 4) is 0 Å². The number of nitrogens with zero attached hydrogens (tertiary/aromatic N) is 1. The topological polar surface area (TPSA) is 67.8 Å². The molecule has 0 aliphatic carbocycles. The molecule has 0 aromatic heterocycles. The van der Waals surface area contributed by atoms with E-state index in [1.807, 2.05) is 6.92 Å². The molecule has 0 aromatic rings. The van der Waals surface area contributed by atoms with Crippen molar-refractivity contribution in [1.29, 1.82) is 0 Å². The minimum Gasteiger partial charge on any atom is -0.409 e. The maximum atomic E-state index is 8.35. The molecule has 0 heterocycles. The molecule has 4 nitrogen and oxygen atoms in total. The normalized spacial score (nSPS) is 14.2. The molecule has 68 valence electrons. The molecule has 0 amide bonds. The van der Waals surface area contributed by atoms with E-state index in [2.05, 4.69) is 5.16 Å². The number of hydrogen-bond acceptors (Lipinski definition) is 3. The summed E-state index contributed by atoms with van der Waals surface area (Å²) < 4.78 is 4.79. The van der Waals surface area contributed by atoms with Crippen LogP contribution in [0.4, 0.5) is 0 Å². The molecule has 0 saturated heterocycles. The van der Waals surface area contributed by atoms with Gasteiger partial charge in [-0.1, -0.05) is 23.4 Å². The Morgan fingerprint density at radius 2 is 2.33 bits per heavy atom. The van der Waals surface area contributed by atoms with E-state index >= 15 is 0 Å². The second-order valence-electron chi connectivity index (χ2n) is 2.09. The predicted molar refractivity (Wildman–Crippen MR) is 48.2 cm³/mol. The third-order valence-corrected chi connectivity index (χ3v) is 1.27. The number of rotatable bonds is 4. The Hall–Kier alpha value is -1.29. The smallest absolute Gasteiger partial charge is 0.169 e. The standard InChI is InChI=1S/C8H14N2O2/c1-3-7(8(9)10-11)5-4-6-12-2/h3-5,11H,6H2,1-2H3,(H2,9,10)/b5-4-,7-3+. The van der Waals surface area contributed by atoms with Crippen LogP contribution in [0.3, 0.4) is 0 Å². The molecule has 4 heteroatoms. The fraction of sp³-hybridized carbons (Fsp3) is 0.375. The summed E-state index contributed by atoms with van der Waals surface area (Å²) in [4.78, 5) is 0.